The van der Waals surface area contributed by atoms with Gasteiger partial charge in [0.25, 0.3) is 0 Å². The average molecular weight is 463 g/mol. The summed E-state index contributed by atoms with van der Waals surface area (Å²) < 4.78 is 0. The van der Waals surface area contributed by atoms with E-state index in [4.69, 9.17) is 5.73 Å². The van der Waals surface area contributed by atoms with Crippen molar-refractivity contribution in [2.75, 3.05) is 17.2 Å². The van der Waals surface area contributed by atoms with Crippen LogP contribution >= 0.6 is 0 Å². The number of carbonyl (C=O) groups excluding carboxylic acids is 2. The van der Waals surface area contributed by atoms with Crippen molar-refractivity contribution < 1.29 is 14.7 Å². The molecule has 4 rings (SSSR count). The maximum absolute atomic E-state index is 13.7. The SMILES string of the molecule is NC(=O)[C@H](CCCNc1ncc[nH]1)N(Cc1ccc(O)cc1)C(=O)C1CCc2ccccc2N1. The van der Waals surface area contributed by atoms with Gasteiger partial charge in [0.05, 0.1) is 0 Å². The second kappa shape index (κ2) is 10.7. The second-order valence-electron chi connectivity index (χ2n) is 8.45. The Hall–Kier alpha value is -4.01. The molecule has 2 heterocycles. The molecule has 2 aromatic carbocycles. The predicted octanol–water partition coefficient (Wildman–Crippen LogP) is 2.62. The first-order chi connectivity index (χ1) is 16.5. The molecule has 3 aromatic rings. The molecule has 9 nitrogen and oxygen atoms in total. The number of nitrogens with two attached hydrogens (primary N) is 1. The number of amides is 2. The minimum Gasteiger partial charge on any atom is -0.508 e. The van der Waals surface area contributed by atoms with Gasteiger partial charge < -0.3 is 31.4 Å². The molecular weight excluding hydrogens is 432 g/mol. The van der Waals surface area contributed by atoms with E-state index in [2.05, 4.69) is 26.7 Å². The van der Waals surface area contributed by atoms with Crippen molar-refractivity contribution in [1.29, 1.82) is 0 Å². The number of aryl methyl sites for hydroxylation is 1. The number of para-hydroxylation sites is 1. The Bertz CT molecular complexity index is 1100. The predicted molar refractivity (Wildman–Crippen MR) is 130 cm³/mol. The molecule has 0 aliphatic carbocycles. The summed E-state index contributed by atoms with van der Waals surface area (Å²) in [5.74, 6) is 0.0899. The van der Waals surface area contributed by atoms with Gasteiger partial charge >= 0.3 is 0 Å². The number of H-pyrrole nitrogens is 1. The van der Waals surface area contributed by atoms with Gasteiger partial charge in [-0.15, -0.1) is 0 Å². The molecule has 0 spiro atoms. The molecule has 0 radical (unpaired) electrons. The van der Waals surface area contributed by atoms with Crippen molar-refractivity contribution in [3.63, 3.8) is 0 Å². The smallest absolute Gasteiger partial charge is 0.246 e. The molecule has 2 amide bonds. The number of imidazole rings is 1. The quantitative estimate of drug-likeness (QED) is 0.294. The normalized spacial score (nSPS) is 15.6. The fraction of sp³-hybridized carbons (Fsp3) is 0.320. The van der Waals surface area contributed by atoms with Crippen LogP contribution in [0.15, 0.2) is 60.9 Å². The van der Waals surface area contributed by atoms with Crippen LogP contribution in [0.4, 0.5) is 11.6 Å². The number of hydrogen-bond donors (Lipinski definition) is 5. The summed E-state index contributed by atoms with van der Waals surface area (Å²) in [6.07, 6.45) is 5.82. The van der Waals surface area contributed by atoms with Crippen LogP contribution in [0.2, 0.25) is 0 Å². The standard InChI is InChI=1S/C25H30N6O3/c26-23(33)22(6-3-13-27-25-28-14-15-29-25)31(16-17-7-10-19(32)11-8-17)24(34)21-12-9-18-4-1-2-5-20(18)30-21/h1-2,4-5,7-8,10-11,14-15,21-22,30,32H,3,6,9,12-13,16H2,(H2,26,33)(H2,27,28,29)/t21?,22-/m0/s1. The fourth-order valence-electron chi connectivity index (χ4n) is 4.28. The van der Waals surface area contributed by atoms with Gasteiger partial charge in [0, 0.05) is 31.2 Å². The lowest BCUT2D eigenvalue weighted by Gasteiger charge is -2.35. The summed E-state index contributed by atoms with van der Waals surface area (Å²) in [6, 6.07) is 13.4. The molecule has 178 valence electrons. The molecule has 1 aromatic heterocycles. The molecule has 0 fully saturated rings. The van der Waals surface area contributed by atoms with Gasteiger partial charge in [-0.1, -0.05) is 30.3 Å². The first-order valence-electron chi connectivity index (χ1n) is 11.5. The fourth-order valence-corrected chi connectivity index (χ4v) is 4.28. The molecule has 1 unspecified atom stereocenters. The summed E-state index contributed by atoms with van der Waals surface area (Å²) >= 11 is 0. The van der Waals surface area contributed by atoms with Crippen LogP contribution in [0.1, 0.15) is 30.4 Å². The topological polar surface area (TPSA) is 136 Å². The molecule has 9 heteroatoms. The molecule has 6 N–H and O–H groups in total. The number of aromatic hydroxyl groups is 1. The Morgan fingerprint density at radius 2 is 2.00 bits per heavy atom. The molecule has 1 aliphatic rings. The van der Waals surface area contributed by atoms with E-state index in [9.17, 15) is 14.7 Å². The van der Waals surface area contributed by atoms with Gasteiger partial charge in [0.15, 0.2) is 5.95 Å². The highest BCUT2D eigenvalue weighted by Crippen LogP contribution is 2.26. The number of phenolic OH excluding ortho intramolecular Hbond substituents is 1. The summed E-state index contributed by atoms with van der Waals surface area (Å²) in [6.45, 7) is 0.797. The molecule has 34 heavy (non-hydrogen) atoms. The highest BCUT2D eigenvalue weighted by atomic mass is 16.3. The van der Waals surface area contributed by atoms with Crippen LogP contribution in [0, 0.1) is 0 Å². The molecule has 0 saturated carbocycles. The van der Waals surface area contributed by atoms with E-state index < -0.39 is 18.0 Å². The number of primary amides is 1. The lowest BCUT2D eigenvalue weighted by molar-refractivity contribution is -0.141. The minimum absolute atomic E-state index is 0.141. The zero-order valence-electron chi connectivity index (χ0n) is 18.9. The van der Waals surface area contributed by atoms with E-state index in [0.717, 1.165) is 17.7 Å². The number of carbonyl (C=O) groups is 2. The van der Waals surface area contributed by atoms with Crippen molar-refractivity contribution in [3.8, 4) is 5.75 Å². The van der Waals surface area contributed by atoms with Gasteiger partial charge in [-0.3, -0.25) is 9.59 Å². The number of fused-ring (bicyclic) bond motifs is 1. The van der Waals surface area contributed by atoms with Gasteiger partial charge in [-0.2, -0.15) is 0 Å². The Labute approximate surface area is 198 Å². The van der Waals surface area contributed by atoms with Gasteiger partial charge in [0.1, 0.15) is 17.8 Å². The molecule has 1 aliphatic heterocycles. The highest BCUT2D eigenvalue weighted by molar-refractivity contribution is 5.91. The Balaban J connectivity index is 1.50. The van der Waals surface area contributed by atoms with Gasteiger partial charge in [0.2, 0.25) is 11.8 Å². The largest absolute Gasteiger partial charge is 0.508 e. The number of nitrogens with one attached hydrogen (secondary N) is 3. The van der Waals surface area contributed by atoms with E-state index in [1.165, 1.54) is 5.56 Å². The third-order valence-electron chi connectivity index (χ3n) is 6.07. The third-order valence-corrected chi connectivity index (χ3v) is 6.07. The zero-order valence-corrected chi connectivity index (χ0v) is 18.9. The van der Waals surface area contributed by atoms with E-state index in [1.807, 2.05) is 18.2 Å². The van der Waals surface area contributed by atoms with Crippen LogP contribution < -0.4 is 16.4 Å². The van der Waals surface area contributed by atoms with Gasteiger partial charge in [-0.25, -0.2) is 4.98 Å². The summed E-state index contributed by atoms with van der Waals surface area (Å²) in [5.41, 5.74) is 8.72. The van der Waals surface area contributed by atoms with Crippen molar-refractivity contribution in [2.45, 2.75) is 44.3 Å². The monoisotopic (exact) mass is 462 g/mol. The first-order valence-corrected chi connectivity index (χ1v) is 11.5. The minimum atomic E-state index is -0.765. The maximum atomic E-state index is 13.7. The number of anilines is 2. The van der Waals surface area contributed by atoms with E-state index in [1.54, 1.807) is 41.6 Å². The highest BCUT2D eigenvalue weighted by Gasteiger charge is 2.34. The average Bonchev–Trinajstić information content (AvgIpc) is 3.37. The number of hydrogen-bond acceptors (Lipinski definition) is 6. The molecular formula is C25H30N6O3. The van der Waals surface area contributed by atoms with E-state index in [-0.39, 0.29) is 18.2 Å². The summed E-state index contributed by atoms with van der Waals surface area (Å²) in [5, 5.41) is 16.1. The van der Waals surface area contributed by atoms with Crippen LogP contribution in [0.5, 0.6) is 5.75 Å². The number of phenols is 1. The van der Waals surface area contributed by atoms with Crippen molar-refractivity contribution in [3.05, 3.63) is 72.1 Å². The Morgan fingerprint density at radius 1 is 1.21 bits per heavy atom. The summed E-state index contributed by atoms with van der Waals surface area (Å²) in [4.78, 5) is 34.9. The number of nitrogens with zero attached hydrogens (tertiary/aromatic N) is 2. The van der Waals surface area contributed by atoms with E-state index in [0.29, 0.717) is 31.8 Å². The number of rotatable bonds is 10. The van der Waals surface area contributed by atoms with Gasteiger partial charge in [-0.05, 0) is 55.0 Å². The van der Waals surface area contributed by atoms with E-state index >= 15 is 0 Å². The first kappa shape index (κ1) is 23.2. The van der Waals surface area contributed by atoms with Crippen molar-refractivity contribution >= 4 is 23.5 Å². The van der Waals surface area contributed by atoms with Crippen LogP contribution in [-0.2, 0) is 22.6 Å². The maximum Gasteiger partial charge on any atom is 0.246 e. The molecule has 2 atom stereocenters. The van der Waals surface area contributed by atoms with Crippen LogP contribution in [0.25, 0.3) is 0 Å². The van der Waals surface area contributed by atoms with Crippen molar-refractivity contribution in [2.24, 2.45) is 5.73 Å². The van der Waals surface area contributed by atoms with Crippen LogP contribution in [0.3, 0.4) is 0 Å². The Kier molecular flexibility index (Phi) is 7.31. The second-order valence-corrected chi connectivity index (χ2v) is 8.45. The lowest BCUT2D eigenvalue weighted by atomic mass is 9.96. The molecule has 0 saturated heterocycles. The number of aromatic amines is 1. The van der Waals surface area contributed by atoms with Crippen molar-refractivity contribution in [1.82, 2.24) is 14.9 Å². The number of benzene rings is 2. The summed E-state index contributed by atoms with van der Waals surface area (Å²) in [7, 11) is 0. The Morgan fingerprint density at radius 3 is 2.74 bits per heavy atom. The number of aromatic nitrogens is 2. The lowest BCUT2D eigenvalue weighted by Crippen LogP contribution is -2.53. The molecule has 0 bridgehead atoms. The third kappa shape index (κ3) is 5.67. The zero-order chi connectivity index (χ0) is 23.9. The van der Waals surface area contributed by atoms with Crippen LogP contribution in [-0.4, -0.2) is 50.4 Å².